The van der Waals surface area contributed by atoms with E-state index in [4.69, 9.17) is 5.73 Å². The molecule has 0 saturated heterocycles. The van der Waals surface area contributed by atoms with Crippen LogP contribution in [0.1, 0.15) is 39.5 Å². The highest BCUT2D eigenvalue weighted by atomic mass is 35.5. The number of amides is 1. The fourth-order valence-corrected chi connectivity index (χ4v) is 2.81. The summed E-state index contributed by atoms with van der Waals surface area (Å²) >= 11 is 0. The van der Waals surface area contributed by atoms with Gasteiger partial charge in [0.1, 0.15) is 0 Å². The minimum atomic E-state index is 0. The summed E-state index contributed by atoms with van der Waals surface area (Å²) in [6.07, 6.45) is 3.84. The number of anilines is 2. The molecule has 1 aliphatic carbocycles. The second-order valence-electron chi connectivity index (χ2n) is 6.37. The quantitative estimate of drug-likeness (QED) is 0.856. The number of benzene rings is 1. The number of hydrogen-bond donors (Lipinski definition) is 2. The lowest BCUT2D eigenvalue weighted by atomic mass is 9.85. The molecule has 3 N–H and O–H groups in total. The normalized spacial score (nSPS) is 20.2. The van der Waals surface area contributed by atoms with Gasteiger partial charge in [0.15, 0.2) is 0 Å². The van der Waals surface area contributed by atoms with Gasteiger partial charge in [-0.25, -0.2) is 0 Å². The van der Waals surface area contributed by atoms with Crippen LogP contribution in [0.2, 0.25) is 0 Å². The van der Waals surface area contributed by atoms with Crippen LogP contribution in [0.15, 0.2) is 24.3 Å². The highest BCUT2D eigenvalue weighted by molar-refractivity contribution is 5.93. The molecule has 1 saturated carbocycles. The van der Waals surface area contributed by atoms with Gasteiger partial charge in [-0.3, -0.25) is 4.79 Å². The molecule has 1 fully saturated rings. The standard InChI is InChI=1S/C17H27N3O.2ClH/c1-12(2)20(3)16-9-5-8-15(11-16)19-17(21)13-6-4-7-14(18)10-13;;/h5,8-9,11-14H,4,6-7,10,18H2,1-3H3,(H,19,21);2*1H. The highest BCUT2D eigenvalue weighted by Crippen LogP contribution is 2.25. The predicted octanol–water partition coefficient (Wildman–Crippen LogP) is 3.83. The maximum Gasteiger partial charge on any atom is 0.227 e. The van der Waals surface area contributed by atoms with E-state index < -0.39 is 0 Å². The molecule has 0 radical (unpaired) electrons. The third-order valence-electron chi connectivity index (χ3n) is 4.38. The molecule has 0 spiro atoms. The summed E-state index contributed by atoms with van der Waals surface area (Å²) < 4.78 is 0. The van der Waals surface area contributed by atoms with Gasteiger partial charge in [-0.2, -0.15) is 0 Å². The summed E-state index contributed by atoms with van der Waals surface area (Å²) in [7, 11) is 2.06. The van der Waals surface area contributed by atoms with Crippen molar-refractivity contribution >= 4 is 42.1 Å². The number of nitrogens with zero attached hydrogens (tertiary/aromatic N) is 1. The monoisotopic (exact) mass is 361 g/mol. The Kier molecular flexibility index (Phi) is 9.59. The van der Waals surface area contributed by atoms with Gasteiger partial charge in [-0.15, -0.1) is 24.8 Å². The summed E-state index contributed by atoms with van der Waals surface area (Å²) in [6, 6.07) is 8.61. The minimum Gasteiger partial charge on any atom is -0.372 e. The second kappa shape index (κ2) is 10.0. The fraction of sp³-hybridized carbons (Fsp3) is 0.588. The molecule has 2 unspecified atom stereocenters. The van der Waals surface area contributed by atoms with Crippen LogP contribution in [-0.4, -0.2) is 25.0 Å². The molecule has 1 aromatic carbocycles. The van der Waals surface area contributed by atoms with E-state index in [0.29, 0.717) is 6.04 Å². The Hall–Kier alpha value is -0.970. The van der Waals surface area contributed by atoms with E-state index in [1.54, 1.807) is 0 Å². The zero-order valence-corrected chi connectivity index (χ0v) is 15.8. The number of hydrogen-bond acceptors (Lipinski definition) is 3. The average Bonchev–Trinajstić information content (AvgIpc) is 2.46. The van der Waals surface area contributed by atoms with E-state index in [1.165, 1.54) is 0 Å². The molecule has 2 rings (SSSR count). The number of rotatable bonds is 4. The van der Waals surface area contributed by atoms with Crippen molar-refractivity contribution in [2.24, 2.45) is 11.7 Å². The first-order valence-corrected chi connectivity index (χ1v) is 7.86. The van der Waals surface area contributed by atoms with Gasteiger partial charge in [0, 0.05) is 36.4 Å². The van der Waals surface area contributed by atoms with Crippen molar-refractivity contribution in [2.75, 3.05) is 17.3 Å². The van der Waals surface area contributed by atoms with Gasteiger partial charge < -0.3 is 16.0 Å². The Labute approximate surface area is 152 Å². The van der Waals surface area contributed by atoms with Crippen LogP contribution in [0.4, 0.5) is 11.4 Å². The first-order valence-electron chi connectivity index (χ1n) is 7.86. The van der Waals surface area contributed by atoms with Crippen LogP contribution < -0.4 is 16.0 Å². The van der Waals surface area contributed by atoms with Gasteiger partial charge >= 0.3 is 0 Å². The lowest BCUT2D eigenvalue weighted by Gasteiger charge is -2.26. The molecule has 23 heavy (non-hydrogen) atoms. The smallest absolute Gasteiger partial charge is 0.227 e. The zero-order chi connectivity index (χ0) is 15.4. The van der Waals surface area contributed by atoms with Crippen LogP contribution in [0.5, 0.6) is 0 Å². The van der Waals surface area contributed by atoms with Crippen molar-refractivity contribution in [1.82, 2.24) is 0 Å². The number of nitrogens with two attached hydrogens (primary N) is 1. The van der Waals surface area contributed by atoms with Crippen molar-refractivity contribution in [3.05, 3.63) is 24.3 Å². The summed E-state index contributed by atoms with van der Waals surface area (Å²) in [4.78, 5) is 14.5. The van der Waals surface area contributed by atoms with Gasteiger partial charge in [0.25, 0.3) is 0 Å². The maximum absolute atomic E-state index is 12.3. The minimum absolute atomic E-state index is 0. The van der Waals surface area contributed by atoms with Gasteiger partial charge in [0.2, 0.25) is 5.91 Å². The van der Waals surface area contributed by atoms with Crippen molar-refractivity contribution in [2.45, 2.75) is 51.6 Å². The highest BCUT2D eigenvalue weighted by Gasteiger charge is 2.25. The summed E-state index contributed by atoms with van der Waals surface area (Å²) in [6.45, 7) is 4.29. The molecule has 4 nitrogen and oxygen atoms in total. The molecule has 1 aliphatic rings. The van der Waals surface area contributed by atoms with Gasteiger partial charge in [-0.05, 0) is 51.3 Å². The predicted molar refractivity (Wildman–Crippen MR) is 103 cm³/mol. The summed E-state index contributed by atoms with van der Waals surface area (Å²) in [5.41, 5.74) is 7.95. The van der Waals surface area contributed by atoms with Crippen molar-refractivity contribution in [3.63, 3.8) is 0 Å². The van der Waals surface area contributed by atoms with E-state index >= 15 is 0 Å². The molecular weight excluding hydrogens is 333 g/mol. The number of halogens is 2. The lowest BCUT2D eigenvalue weighted by molar-refractivity contribution is -0.120. The SMILES string of the molecule is CC(C)N(C)c1cccc(NC(=O)C2CCCC(N)C2)c1.Cl.Cl. The van der Waals surface area contributed by atoms with E-state index in [-0.39, 0.29) is 42.7 Å². The zero-order valence-electron chi connectivity index (χ0n) is 14.1. The molecular formula is C17H29Cl2N3O. The van der Waals surface area contributed by atoms with Crippen molar-refractivity contribution < 1.29 is 4.79 Å². The molecule has 0 heterocycles. The van der Waals surface area contributed by atoms with Crippen LogP contribution in [-0.2, 0) is 4.79 Å². The van der Waals surface area contributed by atoms with Crippen LogP contribution in [0.25, 0.3) is 0 Å². The third kappa shape index (κ3) is 6.21. The Bertz CT molecular complexity index is 496. The molecule has 2 atom stereocenters. The molecule has 1 aromatic rings. The van der Waals surface area contributed by atoms with Crippen LogP contribution >= 0.6 is 24.8 Å². The fourth-order valence-electron chi connectivity index (χ4n) is 2.81. The maximum atomic E-state index is 12.3. The topological polar surface area (TPSA) is 58.4 Å². The first kappa shape index (κ1) is 22.0. The van der Waals surface area contributed by atoms with Gasteiger partial charge in [0.05, 0.1) is 0 Å². The van der Waals surface area contributed by atoms with Crippen LogP contribution in [0, 0.1) is 5.92 Å². The molecule has 0 aliphatic heterocycles. The Balaban J connectivity index is 0.00000242. The molecule has 0 bridgehead atoms. The molecule has 6 heteroatoms. The van der Waals surface area contributed by atoms with Crippen molar-refractivity contribution in [1.29, 1.82) is 0 Å². The third-order valence-corrected chi connectivity index (χ3v) is 4.38. The molecule has 1 amide bonds. The average molecular weight is 362 g/mol. The summed E-state index contributed by atoms with van der Waals surface area (Å²) in [5.74, 6) is 0.162. The number of carbonyl (C=O) groups excluding carboxylic acids is 1. The number of carbonyl (C=O) groups is 1. The Morgan fingerprint density at radius 1 is 1.30 bits per heavy atom. The largest absolute Gasteiger partial charge is 0.372 e. The van der Waals surface area contributed by atoms with Crippen LogP contribution in [0.3, 0.4) is 0 Å². The molecule has 0 aromatic heterocycles. The second-order valence-corrected chi connectivity index (χ2v) is 6.37. The van der Waals surface area contributed by atoms with E-state index in [1.807, 2.05) is 18.2 Å². The van der Waals surface area contributed by atoms with E-state index in [0.717, 1.165) is 37.1 Å². The lowest BCUT2D eigenvalue weighted by Crippen LogP contribution is -2.34. The van der Waals surface area contributed by atoms with Crippen molar-refractivity contribution in [3.8, 4) is 0 Å². The Morgan fingerprint density at radius 2 is 2.00 bits per heavy atom. The molecule has 132 valence electrons. The van der Waals surface area contributed by atoms with E-state index in [9.17, 15) is 4.79 Å². The van der Waals surface area contributed by atoms with E-state index in [2.05, 4.69) is 37.2 Å². The van der Waals surface area contributed by atoms with Gasteiger partial charge in [-0.1, -0.05) is 12.5 Å². The number of nitrogens with one attached hydrogen (secondary N) is 1. The summed E-state index contributed by atoms with van der Waals surface area (Å²) in [5, 5.41) is 3.05. The first-order chi connectivity index (χ1) is 9.97. The Morgan fingerprint density at radius 3 is 2.61 bits per heavy atom.